The number of hydrogen-bond acceptors (Lipinski definition) is 5. The highest BCUT2D eigenvalue weighted by Crippen LogP contribution is 2.37. The van der Waals surface area contributed by atoms with E-state index in [2.05, 4.69) is 32.4 Å². The minimum Gasteiger partial charge on any atom is -0.303 e. The molecule has 1 saturated heterocycles. The molecule has 1 aromatic rings. The van der Waals surface area contributed by atoms with Gasteiger partial charge in [-0.2, -0.15) is 13.2 Å². The van der Waals surface area contributed by atoms with E-state index in [9.17, 15) is 13.2 Å². The van der Waals surface area contributed by atoms with E-state index in [-0.39, 0.29) is 5.54 Å². The smallest absolute Gasteiger partial charge is 0.303 e. The van der Waals surface area contributed by atoms with Gasteiger partial charge in [0.25, 0.3) is 0 Å². The summed E-state index contributed by atoms with van der Waals surface area (Å²) >= 11 is 0. The third-order valence-corrected chi connectivity index (χ3v) is 5.04. The number of nitrogens with zero attached hydrogens (tertiary/aromatic N) is 6. The number of aromatic nitrogens is 4. The Bertz CT molecular complexity index is 523. The van der Waals surface area contributed by atoms with Crippen molar-refractivity contribution < 1.29 is 13.2 Å². The zero-order chi connectivity index (χ0) is 16.5. The molecule has 0 N–H and O–H groups in total. The van der Waals surface area contributed by atoms with Gasteiger partial charge in [0.05, 0.1) is 6.54 Å². The largest absolute Gasteiger partial charge is 0.408 e. The summed E-state index contributed by atoms with van der Waals surface area (Å²) in [6, 6.07) is 0. The summed E-state index contributed by atoms with van der Waals surface area (Å²) in [5.74, 6) is 0.303. The van der Waals surface area contributed by atoms with Crippen LogP contribution in [-0.2, 0) is 13.1 Å². The maximum absolute atomic E-state index is 12.6. The molecule has 1 aliphatic carbocycles. The molecule has 0 atom stereocenters. The molecular weight excluding hydrogens is 309 g/mol. The summed E-state index contributed by atoms with van der Waals surface area (Å²) in [5.41, 5.74) is 0.0558. The Morgan fingerprint density at radius 3 is 2.57 bits per heavy atom. The zero-order valence-electron chi connectivity index (χ0n) is 13.4. The van der Waals surface area contributed by atoms with Crippen LogP contribution in [0.4, 0.5) is 13.2 Å². The second kappa shape index (κ2) is 6.35. The van der Waals surface area contributed by atoms with Gasteiger partial charge in [-0.1, -0.05) is 19.3 Å². The lowest BCUT2D eigenvalue weighted by molar-refractivity contribution is -0.143. The molecule has 130 valence electrons. The van der Waals surface area contributed by atoms with Crippen LogP contribution in [-0.4, -0.2) is 68.4 Å². The second-order valence-corrected chi connectivity index (χ2v) is 6.81. The number of piperazine rings is 1. The monoisotopic (exact) mass is 332 g/mol. The molecule has 0 bridgehead atoms. The summed E-state index contributed by atoms with van der Waals surface area (Å²) < 4.78 is 38.8. The lowest BCUT2D eigenvalue weighted by atomic mass is 9.78. The van der Waals surface area contributed by atoms with Crippen molar-refractivity contribution in [2.24, 2.45) is 0 Å². The summed E-state index contributed by atoms with van der Waals surface area (Å²) in [4.78, 5) is 4.63. The van der Waals surface area contributed by atoms with Gasteiger partial charge in [0, 0.05) is 25.2 Å². The highest BCUT2D eigenvalue weighted by Gasteiger charge is 2.42. The fourth-order valence-corrected chi connectivity index (χ4v) is 3.94. The summed E-state index contributed by atoms with van der Waals surface area (Å²) in [6.45, 7) is 1.98. The fourth-order valence-electron chi connectivity index (χ4n) is 3.94. The lowest BCUT2D eigenvalue weighted by Gasteiger charge is -2.52. The first-order valence-electron chi connectivity index (χ1n) is 8.13. The van der Waals surface area contributed by atoms with Crippen molar-refractivity contribution in [3.05, 3.63) is 5.82 Å². The maximum Gasteiger partial charge on any atom is 0.408 e. The Morgan fingerprint density at radius 1 is 1.13 bits per heavy atom. The van der Waals surface area contributed by atoms with E-state index in [1.165, 1.54) is 19.3 Å². The van der Waals surface area contributed by atoms with Crippen molar-refractivity contribution in [1.29, 1.82) is 0 Å². The van der Waals surface area contributed by atoms with Crippen molar-refractivity contribution in [3.63, 3.8) is 0 Å². The van der Waals surface area contributed by atoms with E-state index < -0.39 is 12.7 Å². The van der Waals surface area contributed by atoms with Crippen molar-refractivity contribution in [1.82, 2.24) is 30.0 Å². The molecule has 2 fully saturated rings. The van der Waals surface area contributed by atoms with Crippen LogP contribution in [0.5, 0.6) is 0 Å². The SMILES string of the molecule is CN1CCN(Cc2nnnn2CC(F)(F)F)C2(CCCCC2)C1. The Hall–Kier alpha value is -1.22. The Kier molecular flexibility index (Phi) is 4.59. The molecule has 1 saturated carbocycles. The summed E-state index contributed by atoms with van der Waals surface area (Å²) in [6.07, 6.45) is 1.48. The third-order valence-electron chi connectivity index (χ3n) is 5.04. The van der Waals surface area contributed by atoms with Crippen LogP contribution in [0.1, 0.15) is 37.9 Å². The normalized spacial score (nSPS) is 23.5. The number of halogens is 3. The predicted molar refractivity (Wildman–Crippen MR) is 77.6 cm³/mol. The molecule has 6 nitrogen and oxygen atoms in total. The van der Waals surface area contributed by atoms with Crippen LogP contribution < -0.4 is 0 Å². The minimum absolute atomic E-state index is 0.0558. The van der Waals surface area contributed by atoms with Crippen LogP contribution in [0, 0.1) is 0 Å². The number of tetrazole rings is 1. The molecule has 0 amide bonds. The average molecular weight is 332 g/mol. The van der Waals surface area contributed by atoms with Gasteiger partial charge in [-0.15, -0.1) is 5.10 Å². The molecule has 2 aliphatic rings. The van der Waals surface area contributed by atoms with E-state index in [0.717, 1.165) is 37.2 Å². The third kappa shape index (κ3) is 3.82. The molecule has 23 heavy (non-hydrogen) atoms. The zero-order valence-corrected chi connectivity index (χ0v) is 13.4. The van der Waals surface area contributed by atoms with Crippen molar-refractivity contribution in [2.75, 3.05) is 26.7 Å². The molecule has 3 rings (SSSR count). The molecule has 2 heterocycles. The van der Waals surface area contributed by atoms with Crippen molar-refractivity contribution in [2.45, 2.75) is 56.9 Å². The Balaban J connectivity index is 1.77. The van der Waals surface area contributed by atoms with E-state index in [0.29, 0.717) is 12.4 Å². The van der Waals surface area contributed by atoms with Gasteiger partial charge < -0.3 is 4.90 Å². The Morgan fingerprint density at radius 2 is 1.87 bits per heavy atom. The van der Waals surface area contributed by atoms with Gasteiger partial charge in [-0.3, -0.25) is 4.90 Å². The van der Waals surface area contributed by atoms with Crippen molar-refractivity contribution >= 4 is 0 Å². The second-order valence-electron chi connectivity index (χ2n) is 6.81. The molecule has 1 spiro atoms. The van der Waals surface area contributed by atoms with Gasteiger partial charge in [-0.25, -0.2) is 4.68 Å². The average Bonchev–Trinajstić information content (AvgIpc) is 2.88. The Labute approximate surface area is 133 Å². The lowest BCUT2D eigenvalue weighted by Crippen LogP contribution is -2.61. The van der Waals surface area contributed by atoms with E-state index >= 15 is 0 Å². The van der Waals surface area contributed by atoms with E-state index in [1.54, 1.807) is 0 Å². The van der Waals surface area contributed by atoms with Gasteiger partial charge in [-0.05, 0) is 30.3 Å². The molecule has 1 aliphatic heterocycles. The first-order valence-corrected chi connectivity index (χ1v) is 8.13. The quantitative estimate of drug-likeness (QED) is 0.843. The van der Waals surface area contributed by atoms with Crippen LogP contribution in [0.2, 0.25) is 0 Å². The number of alkyl halides is 3. The number of hydrogen-bond donors (Lipinski definition) is 0. The van der Waals surface area contributed by atoms with Crippen LogP contribution in [0.25, 0.3) is 0 Å². The molecule has 0 radical (unpaired) electrons. The molecule has 1 aromatic heterocycles. The van der Waals surface area contributed by atoms with E-state index in [4.69, 9.17) is 0 Å². The fraction of sp³-hybridized carbons (Fsp3) is 0.929. The van der Waals surface area contributed by atoms with Gasteiger partial charge in [0.2, 0.25) is 0 Å². The number of rotatable bonds is 3. The van der Waals surface area contributed by atoms with Crippen molar-refractivity contribution in [3.8, 4) is 0 Å². The maximum atomic E-state index is 12.6. The van der Waals surface area contributed by atoms with Crippen LogP contribution >= 0.6 is 0 Å². The molecule has 0 aromatic carbocycles. The first kappa shape index (κ1) is 16.6. The van der Waals surface area contributed by atoms with E-state index in [1.807, 2.05) is 0 Å². The summed E-state index contributed by atoms with van der Waals surface area (Å²) in [5, 5.41) is 10.8. The molecule has 9 heteroatoms. The highest BCUT2D eigenvalue weighted by molar-refractivity contribution is 5.00. The van der Waals surface area contributed by atoms with Gasteiger partial charge >= 0.3 is 6.18 Å². The van der Waals surface area contributed by atoms with Gasteiger partial charge in [0.15, 0.2) is 5.82 Å². The van der Waals surface area contributed by atoms with Gasteiger partial charge in [0.1, 0.15) is 6.54 Å². The minimum atomic E-state index is -4.31. The molecule has 0 unspecified atom stereocenters. The topological polar surface area (TPSA) is 50.1 Å². The van der Waals surface area contributed by atoms with Crippen LogP contribution in [0.3, 0.4) is 0 Å². The predicted octanol–water partition coefficient (Wildman–Crippen LogP) is 1.69. The van der Waals surface area contributed by atoms with Crippen LogP contribution in [0.15, 0.2) is 0 Å². The molecular formula is C14H23F3N6. The highest BCUT2D eigenvalue weighted by atomic mass is 19.4. The first-order chi connectivity index (χ1) is 10.9. The standard InChI is InChI=1S/C14H23F3N6/c1-21-7-8-22(13(10-21)5-3-2-4-6-13)9-12-18-19-20-23(12)11-14(15,16)17/h2-11H2,1H3. The number of likely N-dealkylation sites (N-methyl/N-ethyl adjacent to an activating group) is 1. The summed E-state index contributed by atoms with van der Waals surface area (Å²) in [7, 11) is 2.11.